The van der Waals surface area contributed by atoms with Crippen LogP contribution >= 0.6 is 0 Å². The van der Waals surface area contributed by atoms with Gasteiger partial charge < -0.3 is 19.7 Å². The van der Waals surface area contributed by atoms with Crippen molar-refractivity contribution < 1.29 is 14.3 Å². The molecular weight excluding hydrogens is 368 g/mol. The second-order valence-electron chi connectivity index (χ2n) is 7.75. The van der Waals surface area contributed by atoms with Gasteiger partial charge in [0.2, 0.25) is 0 Å². The lowest BCUT2D eigenvalue weighted by atomic mass is 9.86. The molecule has 0 spiro atoms. The lowest BCUT2D eigenvalue weighted by Crippen LogP contribution is -2.41. The smallest absolute Gasteiger partial charge is 0.263 e. The molecule has 154 valence electrons. The minimum absolute atomic E-state index is 0.0243. The SMILES string of the molecule is C[C@H]1CCCC[C@H]1NC(=O)c1ccc(Oc2nccnc2N2CCOCC2)cc1. The molecule has 2 fully saturated rings. The number of ether oxygens (including phenoxy) is 2. The normalized spacial score (nSPS) is 22.2. The first kappa shape index (κ1) is 19.6. The Labute approximate surface area is 171 Å². The molecule has 1 aliphatic carbocycles. The second kappa shape index (κ2) is 9.22. The Bertz CT molecular complexity index is 821. The van der Waals surface area contributed by atoms with E-state index < -0.39 is 0 Å². The Morgan fingerprint density at radius 1 is 1.10 bits per heavy atom. The van der Waals surface area contributed by atoms with Crippen LogP contribution in [0.5, 0.6) is 11.6 Å². The van der Waals surface area contributed by atoms with E-state index in [1.807, 2.05) is 0 Å². The fourth-order valence-corrected chi connectivity index (χ4v) is 3.95. The highest BCUT2D eigenvalue weighted by molar-refractivity contribution is 5.94. The molecule has 0 unspecified atom stereocenters. The average molecular weight is 396 g/mol. The number of aromatic nitrogens is 2. The zero-order chi connectivity index (χ0) is 20.1. The average Bonchev–Trinajstić information content (AvgIpc) is 2.77. The van der Waals surface area contributed by atoms with E-state index in [9.17, 15) is 4.79 Å². The highest BCUT2D eigenvalue weighted by Gasteiger charge is 2.23. The van der Waals surface area contributed by atoms with Crippen molar-refractivity contribution in [3.8, 4) is 11.6 Å². The van der Waals surface area contributed by atoms with E-state index in [-0.39, 0.29) is 11.9 Å². The number of anilines is 1. The number of hydrogen-bond acceptors (Lipinski definition) is 6. The van der Waals surface area contributed by atoms with Crippen molar-refractivity contribution in [2.75, 3.05) is 31.2 Å². The molecule has 1 aliphatic heterocycles. The Morgan fingerprint density at radius 3 is 2.59 bits per heavy atom. The van der Waals surface area contributed by atoms with Crippen LogP contribution in [0.1, 0.15) is 43.0 Å². The molecule has 2 aliphatic rings. The van der Waals surface area contributed by atoms with Gasteiger partial charge in [-0.05, 0) is 43.0 Å². The summed E-state index contributed by atoms with van der Waals surface area (Å²) in [6.45, 7) is 5.06. The number of carbonyl (C=O) groups excluding carboxylic acids is 1. The topological polar surface area (TPSA) is 76.6 Å². The minimum atomic E-state index is -0.0243. The van der Waals surface area contributed by atoms with Gasteiger partial charge in [0, 0.05) is 37.1 Å². The van der Waals surface area contributed by atoms with Crippen LogP contribution in [-0.4, -0.2) is 48.2 Å². The summed E-state index contributed by atoms with van der Waals surface area (Å²) in [5, 5.41) is 3.19. The Balaban J connectivity index is 1.41. The van der Waals surface area contributed by atoms with Crippen molar-refractivity contribution in [2.24, 2.45) is 5.92 Å². The molecule has 1 saturated carbocycles. The number of benzene rings is 1. The first-order chi connectivity index (χ1) is 14.2. The minimum Gasteiger partial charge on any atom is -0.436 e. The summed E-state index contributed by atoms with van der Waals surface area (Å²) in [6.07, 6.45) is 7.97. The zero-order valence-electron chi connectivity index (χ0n) is 16.8. The summed E-state index contributed by atoms with van der Waals surface area (Å²) in [4.78, 5) is 23.5. The summed E-state index contributed by atoms with van der Waals surface area (Å²) >= 11 is 0. The highest BCUT2D eigenvalue weighted by Crippen LogP contribution is 2.29. The third-order valence-electron chi connectivity index (χ3n) is 5.72. The molecule has 1 aromatic carbocycles. The summed E-state index contributed by atoms with van der Waals surface area (Å²) < 4.78 is 11.4. The van der Waals surface area contributed by atoms with Crippen LogP contribution < -0.4 is 15.0 Å². The predicted molar refractivity (Wildman–Crippen MR) is 110 cm³/mol. The summed E-state index contributed by atoms with van der Waals surface area (Å²) in [5.41, 5.74) is 0.641. The van der Waals surface area contributed by atoms with Gasteiger partial charge in [0.1, 0.15) is 5.75 Å². The molecule has 2 aromatic rings. The highest BCUT2D eigenvalue weighted by atomic mass is 16.5. The van der Waals surface area contributed by atoms with Gasteiger partial charge in [0.05, 0.1) is 13.2 Å². The molecule has 2 heterocycles. The third kappa shape index (κ3) is 4.85. The van der Waals surface area contributed by atoms with E-state index in [2.05, 4.69) is 27.1 Å². The van der Waals surface area contributed by atoms with Crippen molar-refractivity contribution in [3.05, 3.63) is 42.2 Å². The number of hydrogen-bond donors (Lipinski definition) is 1. The van der Waals surface area contributed by atoms with Crippen molar-refractivity contribution in [1.29, 1.82) is 0 Å². The van der Waals surface area contributed by atoms with Gasteiger partial charge in [-0.15, -0.1) is 0 Å². The Kier molecular flexibility index (Phi) is 6.24. The van der Waals surface area contributed by atoms with Crippen LogP contribution in [0.3, 0.4) is 0 Å². The van der Waals surface area contributed by atoms with Gasteiger partial charge in [-0.1, -0.05) is 19.8 Å². The quantitative estimate of drug-likeness (QED) is 0.835. The van der Waals surface area contributed by atoms with Crippen LogP contribution in [0.2, 0.25) is 0 Å². The monoisotopic (exact) mass is 396 g/mol. The fraction of sp³-hybridized carbons (Fsp3) is 0.500. The number of morpholine rings is 1. The molecule has 4 rings (SSSR count). The number of nitrogens with one attached hydrogen (secondary N) is 1. The van der Waals surface area contributed by atoms with Crippen molar-refractivity contribution in [3.63, 3.8) is 0 Å². The van der Waals surface area contributed by atoms with E-state index >= 15 is 0 Å². The molecule has 7 heteroatoms. The molecule has 7 nitrogen and oxygen atoms in total. The zero-order valence-corrected chi connectivity index (χ0v) is 16.8. The van der Waals surface area contributed by atoms with Crippen LogP contribution in [0.4, 0.5) is 5.82 Å². The summed E-state index contributed by atoms with van der Waals surface area (Å²) in [7, 11) is 0. The van der Waals surface area contributed by atoms with Crippen LogP contribution in [0.15, 0.2) is 36.7 Å². The van der Waals surface area contributed by atoms with Gasteiger partial charge in [-0.25, -0.2) is 9.97 Å². The largest absolute Gasteiger partial charge is 0.436 e. The summed E-state index contributed by atoms with van der Waals surface area (Å²) in [6, 6.07) is 7.46. The first-order valence-corrected chi connectivity index (χ1v) is 10.4. The van der Waals surface area contributed by atoms with Crippen LogP contribution in [0, 0.1) is 5.92 Å². The third-order valence-corrected chi connectivity index (χ3v) is 5.72. The number of amides is 1. The van der Waals surface area contributed by atoms with Gasteiger partial charge in [-0.3, -0.25) is 4.79 Å². The van der Waals surface area contributed by atoms with Gasteiger partial charge in [0.15, 0.2) is 5.82 Å². The molecule has 2 atom stereocenters. The van der Waals surface area contributed by atoms with Gasteiger partial charge >= 0.3 is 0 Å². The van der Waals surface area contributed by atoms with Crippen LogP contribution in [-0.2, 0) is 4.74 Å². The molecule has 0 bridgehead atoms. The maximum Gasteiger partial charge on any atom is 0.263 e. The van der Waals surface area contributed by atoms with E-state index in [1.165, 1.54) is 19.3 Å². The maximum atomic E-state index is 12.6. The van der Waals surface area contributed by atoms with E-state index in [0.717, 1.165) is 19.5 Å². The van der Waals surface area contributed by atoms with E-state index in [0.29, 0.717) is 42.1 Å². The molecule has 1 saturated heterocycles. The Morgan fingerprint density at radius 2 is 1.83 bits per heavy atom. The van der Waals surface area contributed by atoms with E-state index in [4.69, 9.17) is 9.47 Å². The lowest BCUT2D eigenvalue weighted by Gasteiger charge is -2.29. The number of nitrogens with zero attached hydrogens (tertiary/aromatic N) is 3. The van der Waals surface area contributed by atoms with Crippen molar-refractivity contribution >= 4 is 11.7 Å². The molecule has 1 amide bonds. The van der Waals surface area contributed by atoms with E-state index in [1.54, 1.807) is 36.7 Å². The second-order valence-corrected chi connectivity index (χ2v) is 7.75. The molecule has 1 aromatic heterocycles. The molecule has 29 heavy (non-hydrogen) atoms. The van der Waals surface area contributed by atoms with Crippen LogP contribution in [0.25, 0.3) is 0 Å². The fourth-order valence-electron chi connectivity index (χ4n) is 3.95. The predicted octanol–water partition coefficient (Wildman–Crippen LogP) is 3.41. The molecular formula is C22H28N4O3. The van der Waals surface area contributed by atoms with Gasteiger partial charge in [-0.2, -0.15) is 0 Å². The number of carbonyl (C=O) groups is 1. The standard InChI is InChI=1S/C22H28N4O3/c1-16-4-2-3-5-19(16)25-21(27)17-6-8-18(9-7-17)29-22-20(23-10-11-24-22)26-12-14-28-15-13-26/h6-11,16,19H,2-5,12-15H2,1H3,(H,25,27)/t16-,19+/m0/s1. The maximum absolute atomic E-state index is 12.6. The van der Waals surface area contributed by atoms with Crippen molar-refractivity contribution in [2.45, 2.75) is 38.6 Å². The number of rotatable bonds is 5. The summed E-state index contributed by atoms with van der Waals surface area (Å²) in [5.74, 6) is 2.31. The molecule has 0 radical (unpaired) electrons. The lowest BCUT2D eigenvalue weighted by molar-refractivity contribution is 0.0910. The Hall–Kier alpha value is -2.67. The first-order valence-electron chi connectivity index (χ1n) is 10.4. The molecule has 1 N–H and O–H groups in total. The van der Waals surface area contributed by atoms with Crippen molar-refractivity contribution in [1.82, 2.24) is 15.3 Å². The van der Waals surface area contributed by atoms with Gasteiger partial charge in [0.25, 0.3) is 11.8 Å².